The van der Waals surface area contributed by atoms with Gasteiger partial charge in [0.05, 0.1) is 22.5 Å². The lowest BCUT2D eigenvalue weighted by Crippen LogP contribution is -2.53. The average Bonchev–Trinajstić information content (AvgIpc) is 3.25. The van der Waals surface area contributed by atoms with Crippen LogP contribution in [0.4, 0.5) is 5.69 Å². The number of fused-ring (bicyclic) bond motifs is 4. The van der Waals surface area contributed by atoms with Gasteiger partial charge in [0.2, 0.25) is 23.6 Å². The second-order valence-corrected chi connectivity index (χ2v) is 8.27. The van der Waals surface area contributed by atoms with Crippen LogP contribution in [-0.4, -0.2) is 41.1 Å². The van der Waals surface area contributed by atoms with E-state index in [1.807, 2.05) is 6.92 Å². The SMILES string of the molecule is CCCCN1C(=O)[C@@H]2[C@H](CCC(N)=O)N[C@@]3(C(=O)Nc4c(Cl)cccc43)[C@@H]2C1=O. The third kappa shape index (κ3) is 2.77. The molecule has 8 nitrogen and oxygen atoms in total. The van der Waals surface area contributed by atoms with E-state index in [0.717, 1.165) is 6.42 Å². The maximum atomic E-state index is 13.3. The molecule has 29 heavy (non-hydrogen) atoms. The number of nitrogens with one attached hydrogen (secondary N) is 2. The fourth-order valence-electron chi connectivity index (χ4n) is 4.94. The van der Waals surface area contributed by atoms with E-state index in [-0.39, 0.29) is 24.7 Å². The van der Waals surface area contributed by atoms with Crippen LogP contribution in [0.2, 0.25) is 5.02 Å². The Labute approximate surface area is 173 Å². The third-order valence-electron chi connectivity index (χ3n) is 6.23. The summed E-state index contributed by atoms with van der Waals surface area (Å²) in [6.07, 6.45) is 1.84. The van der Waals surface area contributed by atoms with E-state index in [0.29, 0.717) is 29.2 Å². The lowest BCUT2D eigenvalue weighted by atomic mass is 9.76. The Hall–Kier alpha value is -2.45. The fraction of sp³-hybridized carbons (Fsp3) is 0.500. The van der Waals surface area contributed by atoms with Crippen molar-refractivity contribution in [2.75, 3.05) is 11.9 Å². The van der Waals surface area contributed by atoms with Crippen molar-refractivity contribution in [1.29, 1.82) is 0 Å². The number of carbonyl (C=O) groups excluding carboxylic acids is 4. The molecule has 3 aliphatic rings. The highest BCUT2D eigenvalue weighted by molar-refractivity contribution is 6.35. The zero-order chi connectivity index (χ0) is 20.9. The smallest absolute Gasteiger partial charge is 0.250 e. The van der Waals surface area contributed by atoms with Gasteiger partial charge < -0.3 is 11.1 Å². The summed E-state index contributed by atoms with van der Waals surface area (Å²) < 4.78 is 0. The van der Waals surface area contributed by atoms with E-state index in [1.54, 1.807) is 18.2 Å². The predicted octanol–water partition coefficient (Wildman–Crippen LogP) is 1.13. The van der Waals surface area contributed by atoms with Crippen LogP contribution in [0.1, 0.15) is 38.2 Å². The molecule has 1 aromatic rings. The molecule has 0 aromatic heterocycles. The number of hydrogen-bond acceptors (Lipinski definition) is 5. The second kappa shape index (κ2) is 7.11. The topological polar surface area (TPSA) is 122 Å². The molecule has 0 unspecified atom stereocenters. The molecule has 154 valence electrons. The van der Waals surface area contributed by atoms with Gasteiger partial charge in [-0.25, -0.2) is 0 Å². The summed E-state index contributed by atoms with van der Waals surface area (Å²) >= 11 is 6.27. The van der Waals surface area contributed by atoms with Crippen molar-refractivity contribution < 1.29 is 19.2 Å². The van der Waals surface area contributed by atoms with Crippen LogP contribution >= 0.6 is 11.6 Å². The summed E-state index contributed by atoms with van der Waals surface area (Å²) in [5.74, 6) is -3.17. The number of unbranched alkanes of at least 4 members (excludes halogenated alkanes) is 1. The maximum Gasteiger partial charge on any atom is 0.250 e. The molecule has 1 aromatic carbocycles. The lowest BCUT2D eigenvalue weighted by Gasteiger charge is -2.29. The molecule has 4 atom stereocenters. The molecule has 0 bridgehead atoms. The molecule has 9 heteroatoms. The summed E-state index contributed by atoms with van der Waals surface area (Å²) in [5.41, 5.74) is 4.93. The van der Waals surface area contributed by atoms with E-state index < -0.39 is 35.2 Å². The number of nitrogens with two attached hydrogens (primary N) is 1. The number of carbonyl (C=O) groups is 4. The minimum atomic E-state index is -1.39. The van der Waals surface area contributed by atoms with Gasteiger partial charge in [0.1, 0.15) is 5.54 Å². The first-order valence-electron chi connectivity index (χ1n) is 9.84. The van der Waals surface area contributed by atoms with Gasteiger partial charge in [-0.1, -0.05) is 37.1 Å². The highest BCUT2D eigenvalue weighted by Crippen LogP contribution is 2.54. The van der Waals surface area contributed by atoms with Crippen molar-refractivity contribution in [2.24, 2.45) is 17.6 Å². The summed E-state index contributed by atoms with van der Waals surface area (Å²) in [7, 11) is 0. The van der Waals surface area contributed by atoms with Crippen molar-refractivity contribution in [3.05, 3.63) is 28.8 Å². The van der Waals surface area contributed by atoms with Crippen LogP contribution < -0.4 is 16.4 Å². The number of benzene rings is 1. The van der Waals surface area contributed by atoms with Crippen molar-refractivity contribution >= 4 is 40.9 Å². The van der Waals surface area contributed by atoms with Crippen molar-refractivity contribution in [1.82, 2.24) is 10.2 Å². The Morgan fingerprint density at radius 1 is 1.28 bits per heavy atom. The van der Waals surface area contributed by atoms with Crippen LogP contribution in [0.3, 0.4) is 0 Å². The number of hydrogen-bond donors (Lipinski definition) is 3. The van der Waals surface area contributed by atoms with Gasteiger partial charge in [0, 0.05) is 24.6 Å². The van der Waals surface area contributed by atoms with Crippen molar-refractivity contribution in [2.45, 2.75) is 44.2 Å². The molecular formula is C20H23ClN4O4. The quantitative estimate of drug-likeness (QED) is 0.598. The third-order valence-corrected chi connectivity index (χ3v) is 6.54. The number of imide groups is 1. The van der Waals surface area contributed by atoms with E-state index in [9.17, 15) is 19.2 Å². The molecule has 4 rings (SSSR count). The van der Waals surface area contributed by atoms with Gasteiger partial charge in [-0.05, 0) is 18.9 Å². The zero-order valence-electron chi connectivity index (χ0n) is 16.0. The number of likely N-dealkylation sites (tertiary alicyclic amines) is 1. The zero-order valence-corrected chi connectivity index (χ0v) is 16.8. The number of nitrogens with zero attached hydrogens (tertiary/aromatic N) is 1. The molecule has 4 amide bonds. The molecular weight excluding hydrogens is 396 g/mol. The molecule has 2 saturated heterocycles. The summed E-state index contributed by atoms with van der Waals surface area (Å²) in [6, 6.07) is 4.59. The normalized spacial score (nSPS) is 30.1. The number of anilines is 1. The molecule has 1 spiro atoms. The monoisotopic (exact) mass is 418 g/mol. The molecule has 2 fully saturated rings. The maximum absolute atomic E-state index is 13.3. The van der Waals surface area contributed by atoms with Gasteiger partial charge in [-0.3, -0.25) is 29.4 Å². The molecule has 0 radical (unpaired) electrons. The van der Waals surface area contributed by atoms with Gasteiger partial charge in [0.25, 0.3) is 0 Å². The number of primary amides is 1. The Bertz CT molecular complexity index is 920. The van der Waals surface area contributed by atoms with Crippen LogP contribution in [0.5, 0.6) is 0 Å². The Morgan fingerprint density at radius 2 is 2.03 bits per heavy atom. The number of rotatable bonds is 6. The number of amides is 4. The average molecular weight is 419 g/mol. The highest BCUT2D eigenvalue weighted by Gasteiger charge is 2.70. The minimum absolute atomic E-state index is 0.0530. The molecule has 3 heterocycles. The number of para-hydroxylation sites is 1. The molecule has 3 aliphatic heterocycles. The first kappa shape index (κ1) is 19.8. The first-order valence-corrected chi connectivity index (χ1v) is 10.2. The minimum Gasteiger partial charge on any atom is -0.370 e. The second-order valence-electron chi connectivity index (χ2n) is 7.87. The van der Waals surface area contributed by atoms with Crippen LogP contribution in [0.25, 0.3) is 0 Å². The lowest BCUT2D eigenvalue weighted by molar-refractivity contribution is -0.143. The van der Waals surface area contributed by atoms with Crippen molar-refractivity contribution in [3.63, 3.8) is 0 Å². The number of halogens is 1. The van der Waals surface area contributed by atoms with Crippen LogP contribution in [0.15, 0.2) is 18.2 Å². The first-order chi connectivity index (χ1) is 13.8. The molecule has 0 aliphatic carbocycles. The standard InChI is InChI=1S/C20H23ClN4O4/c1-2-3-9-25-17(27)14-12(7-8-13(22)26)24-20(15(14)18(25)28)10-5-4-6-11(21)16(10)23-19(20)29/h4-6,12,14-15,24H,2-3,7-9H2,1H3,(H2,22,26)(H,23,29)/t12-,14+,15-,20+/m0/s1. The van der Waals surface area contributed by atoms with E-state index in [2.05, 4.69) is 10.6 Å². The summed E-state index contributed by atoms with van der Waals surface area (Å²) in [4.78, 5) is 52.4. The largest absolute Gasteiger partial charge is 0.370 e. The Kier molecular flexibility index (Phi) is 4.86. The van der Waals surface area contributed by atoms with Crippen LogP contribution in [-0.2, 0) is 24.7 Å². The van der Waals surface area contributed by atoms with Gasteiger partial charge in [0.15, 0.2) is 0 Å². The predicted molar refractivity (Wildman–Crippen MR) is 106 cm³/mol. The van der Waals surface area contributed by atoms with Gasteiger partial charge >= 0.3 is 0 Å². The Balaban J connectivity index is 1.81. The van der Waals surface area contributed by atoms with E-state index >= 15 is 0 Å². The van der Waals surface area contributed by atoms with Gasteiger partial charge in [-0.15, -0.1) is 0 Å². The van der Waals surface area contributed by atoms with Crippen LogP contribution in [0, 0.1) is 11.8 Å². The summed E-state index contributed by atoms with van der Waals surface area (Å²) in [6.45, 7) is 2.30. The molecule has 0 saturated carbocycles. The van der Waals surface area contributed by atoms with E-state index in [1.165, 1.54) is 4.90 Å². The Morgan fingerprint density at radius 3 is 2.72 bits per heavy atom. The fourth-order valence-corrected chi connectivity index (χ4v) is 5.16. The van der Waals surface area contributed by atoms with Gasteiger partial charge in [-0.2, -0.15) is 0 Å². The van der Waals surface area contributed by atoms with E-state index in [4.69, 9.17) is 17.3 Å². The summed E-state index contributed by atoms with van der Waals surface area (Å²) in [5, 5.41) is 6.40. The highest BCUT2D eigenvalue weighted by atomic mass is 35.5. The van der Waals surface area contributed by atoms with Crippen molar-refractivity contribution in [3.8, 4) is 0 Å². The molecule has 4 N–H and O–H groups in total.